The van der Waals surface area contributed by atoms with Crippen molar-refractivity contribution in [2.75, 3.05) is 13.7 Å². The van der Waals surface area contributed by atoms with Crippen LogP contribution in [0.15, 0.2) is 18.2 Å². The monoisotopic (exact) mass is 275 g/mol. The number of methoxy groups -OCH3 is 1. The number of rotatable bonds is 6. The second kappa shape index (κ2) is 6.41. The summed E-state index contributed by atoms with van der Waals surface area (Å²) in [5.41, 5.74) is 1.86. The van der Waals surface area contributed by atoms with Crippen molar-refractivity contribution in [1.29, 1.82) is 0 Å². The number of ether oxygens (including phenoxy) is 1. The van der Waals surface area contributed by atoms with Crippen LogP contribution in [0.3, 0.4) is 0 Å². The lowest BCUT2D eigenvalue weighted by atomic mass is 10.1. The Balaban J connectivity index is 1.92. The molecule has 1 aromatic heterocycles. The first-order valence-electron chi connectivity index (χ1n) is 6.88. The van der Waals surface area contributed by atoms with Crippen LogP contribution in [0, 0.1) is 5.92 Å². The van der Waals surface area contributed by atoms with Crippen LogP contribution in [0.5, 0.6) is 5.75 Å². The van der Waals surface area contributed by atoms with Gasteiger partial charge in [-0.25, -0.2) is 4.98 Å². The number of aromatic amines is 1. The quantitative estimate of drug-likeness (QED) is 0.850. The first-order chi connectivity index (χ1) is 9.58. The van der Waals surface area contributed by atoms with Gasteiger partial charge >= 0.3 is 0 Å². The molecule has 2 N–H and O–H groups in total. The summed E-state index contributed by atoms with van der Waals surface area (Å²) in [5, 5.41) is 2.91. The second-order valence-corrected chi connectivity index (χ2v) is 5.26. The third-order valence-electron chi connectivity index (χ3n) is 3.02. The van der Waals surface area contributed by atoms with Crippen LogP contribution < -0.4 is 10.1 Å². The zero-order valence-electron chi connectivity index (χ0n) is 12.2. The summed E-state index contributed by atoms with van der Waals surface area (Å²) in [5.74, 6) is 2.16. The molecule has 0 aliphatic rings. The van der Waals surface area contributed by atoms with Gasteiger partial charge in [-0.05, 0) is 18.1 Å². The van der Waals surface area contributed by atoms with Gasteiger partial charge in [-0.15, -0.1) is 0 Å². The van der Waals surface area contributed by atoms with Crippen molar-refractivity contribution in [1.82, 2.24) is 15.3 Å². The molecule has 5 nitrogen and oxygen atoms in total. The minimum atomic E-state index is 0.0952. The van der Waals surface area contributed by atoms with E-state index in [9.17, 15) is 4.79 Å². The van der Waals surface area contributed by atoms with E-state index in [2.05, 4.69) is 15.3 Å². The molecule has 0 bridgehead atoms. The van der Waals surface area contributed by atoms with E-state index in [0.29, 0.717) is 25.3 Å². The number of aromatic nitrogens is 2. The lowest BCUT2D eigenvalue weighted by molar-refractivity contribution is -0.121. The van der Waals surface area contributed by atoms with Gasteiger partial charge in [0, 0.05) is 25.5 Å². The number of fused-ring (bicyclic) bond motifs is 1. The summed E-state index contributed by atoms with van der Waals surface area (Å²) in [6, 6.07) is 5.73. The number of nitrogens with one attached hydrogen (secondary N) is 2. The highest BCUT2D eigenvalue weighted by Crippen LogP contribution is 2.18. The van der Waals surface area contributed by atoms with Gasteiger partial charge in [-0.2, -0.15) is 0 Å². The third kappa shape index (κ3) is 3.73. The fourth-order valence-electron chi connectivity index (χ4n) is 2.05. The van der Waals surface area contributed by atoms with E-state index in [1.807, 2.05) is 32.0 Å². The number of hydrogen-bond acceptors (Lipinski definition) is 3. The van der Waals surface area contributed by atoms with Gasteiger partial charge in [0.05, 0.1) is 18.1 Å². The van der Waals surface area contributed by atoms with Crippen molar-refractivity contribution in [3.05, 3.63) is 24.0 Å². The minimum Gasteiger partial charge on any atom is -0.497 e. The maximum Gasteiger partial charge on any atom is 0.220 e. The Bertz CT molecular complexity index is 590. The van der Waals surface area contributed by atoms with E-state index >= 15 is 0 Å². The Kier molecular flexibility index (Phi) is 4.61. The predicted molar refractivity (Wildman–Crippen MR) is 78.8 cm³/mol. The van der Waals surface area contributed by atoms with Crippen LogP contribution in [-0.4, -0.2) is 29.5 Å². The second-order valence-electron chi connectivity index (χ2n) is 5.26. The molecule has 0 radical (unpaired) electrons. The SMILES string of the molecule is COc1ccc2nc(CCNC(=O)CC(C)C)[nH]c2c1. The zero-order chi connectivity index (χ0) is 14.5. The van der Waals surface area contributed by atoms with E-state index < -0.39 is 0 Å². The molecule has 0 saturated heterocycles. The number of amides is 1. The average molecular weight is 275 g/mol. The lowest BCUT2D eigenvalue weighted by Crippen LogP contribution is -2.26. The number of benzene rings is 1. The molecule has 5 heteroatoms. The maximum absolute atomic E-state index is 11.5. The lowest BCUT2D eigenvalue weighted by Gasteiger charge is -2.05. The number of H-pyrrole nitrogens is 1. The first-order valence-corrected chi connectivity index (χ1v) is 6.88. The fraction of sp³-hybridized carbons (Fsp3) is 0.467. The van der Waals surface area contributed by atoms with Gasteiger partial charge in [0.2, 0.25) is 5.91 Å². The van der Waals surface area contributed by atoms with Crippen molar-refractivity contribution in [2.24, 2.45) is 5.92 Å². The molecule has 2 rings (SSSR count). The van der Waals surface area contributed by atoms with E-state index in [4.69, 9.17) is 4.74 Å². The van der Waals surface area contributed by atoms with Crippen molar-refractivity contribution in [3.63, 3.8) is 0 Å². The first kappa shape index (κ1) is 14.4. The van der Waals surface area contributed by atoms with Gasteiger partial charge < -0.3 is 15.0 Å². The van der Waals surface area contributed by atoms with Gasteiger partial charge in [0.1, 0.15) is 11.6 Å². The summed E-state index contributed by atoms with van der Waals surface area (Å²) in [7, 11) is 1.64. The number of carbonyl (C=O) groups excluding carboxylic acids is 1. The summed E-state index contributed by atoms with van der Waals surface area (Å²) in [4.78, 5) is 19.3. The van der Waals surface area contributed by atoms with Crippen LogP contribution in [0.4, 0.5) is 0 Å². The molecular weight excluding hydrogens is 254 g/mol. The summed E-state index contributed by atoms with van der Waals surface area (Å²) < 4.78 is 5.18. The van der Waals surface area contributed by atoms with Crippen LogP contribution in [0.25, 0.3) is 11.0 Å². The molecule has 1 heterocycles. The minimum absolute atomic E-state index is 0.0952. The zero-order valence-corrected chi connectivity index (χ0v) is 12.2. The smallest absolute Gasteiger partial charge is 0.220 e. The Morgan fingerprint density at radius 2 is 2.25 bits per heavy atom. The number of carbonyl (C=O) groups is 1. The summed E-state index contributed by atoms with van der Waals surface area (Å²) in [6.45, 7) is 4.67. The molecule has 0 fully saturated rings. The average Bonchev–Trinajstić information content (AvgIpc) is 2.79. The van der Waals surface area contributed by atoms with Crippen molar-refractivity contribution in [2.45, 2.75) is 26.7 Å². The Labute approximate surface area is 118 Å². The molecule has 0 atom stereocenters. The van der Waals surface area contributed by atoms with Gasteiger partial charge in [-0.1, -0.05) is 13.8 Å². The van der Waals surface area contributed by atoms with Gasteiger partial charge in [0.15, 0.2) is 0 Å². The topological polar surface area (TPSA) is 67.0 Å². The molecule has 0 aliphatic carbocycles. The maximum atomic E-state index is 11.5. The standard InChI is InChI=1S/C15H21N3O2/c1-10(2)8-15(19)16-7-6-14-17-12-5-4-11(20-3)9-13(12)18-14/h4-5,9-10H,6-8H2,1-3H3,(H,16,19)(H,17,18). The van der Waals surface area contributed by atoms with Crippen LogP contribution in [0.2, 0.25) is 0 Å². The highest BCUT2D eigenvalue weighted by molar-refractivity contribution is 5.77. The highest BCUT2D eigenvalue weighted by atomic mass is 16.5. The fourth-order valence-corrected chi connectivity index (χ4v) is 2.05. The summed E-state index contributed by atoms with van der Waals surface area (Å²) >= 11 is 0. The largest absolute Gasteiger partial charge is 0.497 e. The highest BCUT2D eigenvalue weighted by Gasteiger charge is 2.06. The molecule has 20 heavy (non-hydrogen) atoms. The van der Waals surface area contributed by atoms with Crippen LogP contribution >= 0.6 is 0 Å². The van der Waals surface area contributed by atoms with Gasteiger partial charge in [-0.3, -0.25) is 4.79 Å². The van der Waals surface area contributed by atoms with Crippen LogP contribution in [-0.2, 0) is 11.2 Å². The van der Waals surface area contributed by atoms with Crippen molar-refractivity contribution < 1.29 is 9.53 Å². The molecule has 0 saturated carbocycles. The Morgan fingerprint density at radius 1 is 1.45 bits per heavy atom. The number of nitrogens with zero attached hydrogens (tertiary/aromatic N) is 1. The molecule has 0 unspecified atom stereocenters. The molecule has 1 aromatic carbocycles. The van der Waals surface area contributed by atoms with E-state index in [1.54, 1.807) is 7.11 Å². The molecule has 1 amide bonds. The molecular formula is C15H21N3O2. The van der Waals surface area contributed by atoms with Crippen molar-refractivity contribution >= 4 is 16.9 Å². The Morgan fingerprint density at radius 3 is 2.95 bits per heavy atom. The van der Waals surface area contributed by atoms with Crippen molar-refractivity contribution in [3.8, 4) is 5.75 Å². The van der Waals surface area contributed by atoms with Crippen LogP contribution in [0.1, 0.15) is 26.1 Å². The summed E-state index contributed by atoms with van der Waals surface area (Å²) in [6.07, 6.45) is 1.26. The molecule has 108 valence electrons. The van der Waals surface area contributed by atoms with E-state index in [0.717, 1.165) is 22.6 Å². The molecule has 0 aliphatic heterocycles. The number of hydrogen-bond donors (Lipinski definition) is 2. The Hall–Kier alpha value is -2.04. The van der Waals surface area contributed by atoms with Gasteiger partial charge in [0.25, 0.3) is 0 Å². The molecule has 0 spiro atoms. The third-order valence-corrected chi connectivity index (χ3v) is 3.02. The predicted octanol–water partition coefficient (Wildman–Crippen LogP) is 2.28. The van der Waals surface area contributed by atoms with E-state index in [-0.39, 0.29) is 5.91 Å². The number of imidazole rings is 1. The van der Waals surface area contributed by atoms with E-state index in [1.165, 1.54) is 0 Å². The molecule has 2 aromatic rings. The normalized spacial score (nSPS) is 11.0.